The van der Waals surface area contributed by atoms with Crippen LogP contribution in [0.4, 0.5) is 0 Å². The number of carbonyl (C=O) groups excluding carboxylic acids is 1. The molecule has 0 saturated carbocycles. The molecule has 0 radical (unpaired) electrons. The first-order valence-electron chi connectivity index (χ1n) is 7.21. The Morgan fingerprint density at radius 3 is 2.00 bits per heavy atom. The second-order valence-corrected chi connectivity index (χ2v) is 5.87. The van der Waals surface area contributed by atoms with Crippen molar-refractivity contribution in [1.82, 2.24) is 0 Å². The molecule has 1 heterocycles. The zero-order valence-corrected chi connectivity index (χ0v) is 13.5. The molecule has 1 aromatic heterocycles. The molecule has 0 atom stereocenters. The van der Waals surface area contributed by atoms with Crippen LogP contribution < -0.4 is 4.74 Å². The van der Waals surface area contributed by atoms with Crippen LogP contribution in [0.3, 0.4) is 0 Å². The predicted octanol–water partition coefficient (Wildman–Crippen LogP) is 4.70. The van der Waals surface area contributed by atoms with Crippen molar-refractivity contribution in [1.29, 1.82) is 0 Å². The number of benzene rings is 2. The Kier molecular flexibility index (Phi) is 4.74. The molecule has 116 valence electrons. The van der Waals surface area contributed by atoms with Gasteiger partial charge in [0.1, 0.15) is 10.6 Å². The quantitative estimate of drug-likeness (QED) is 0.638. The molecule has 0 N–H and O–H groups in total. The number of hydrogen-bond donors (Lipinski definition) is 0. The average molecular weight is 324 g/mol. The van der Waals surface area contributed by atoms with Crippen LogP contribution in [0.1, 0.15) is 26.9 Å². The van der Waals surface area contributed by atoms with E-state index >= 15 is 0 Å². The number of rotatable bonds is 5. The van der Waals surface area contributed by atoms with Gasteiger partial charge < -0.3 is 9.47 Å². The molecule has 0 aliphatic carbocycles. The van der Waals surface area contributed by atoms with E-state index in [1.165, 1.54) is 11.3 Å². The van der Waals surface area contributed by atoms with Gasteiger partial charge >= 0.3 is 5.97 Å². The van der Waals surface area contributed by atoms with Crippen LogP contribution in [0.2, 0.25) is 0 Å². The van der Waals surface area contributed by atoms with Crippen molar-refractivity contribution in [2.75, 3.05) is 7.11 Å². The van der Waals surface area contributed by atoms with E-state index in [1.807, 2.05) is 60.7 Å². The third kappa shape index (κ3) is 3.60. The van der Waals surface area contributed by atoms with E-state index in [9.17, 15) is 4.79 Å². The van der Waals surface area contributed by atoms with E-state index in [1.54, 1.807) is 18.6 Å². The molecule has 0 aliphatic rings. The Hall–Kier alpha value is -2.59. The van der Waals surface area contributed by atoms with Crippen molar-refractivity contribution in [2.24, 2.45) is 0 Å². The first-order chi connectivity index (χ1) is 11.3. The molecule has 4 heteroatoms. The lowest BCUT2D eigenvalue weighted by Gasteiger charge is -2.18. The maximum absolute atomic E-state index is 12.5. The summed E-state index contributed by atoms with van der Waals surface area (Å²) in [5, 5.41) is 1.79. The number of carbonyl (C=O) groups is 1. The highest BCUT2D eigenvalue weighted by molar-refractivity contribution is 7.12. The van der Waals surface area contributed by atoms with E-state index in [-0.39, 0.29) is 5.97 Å². The molecule has 3 nitrogen and oxygen atoms in total. The van der Waals surface area contributed by atoms with Gasteiger partial charge in [-0.05, 0) is 11.1 Å². The molecule has 2 aromatic carbocycles. The number of thiophene rings is 1. The highest BCUT2D eigenvalue weighted by Crippen LogP contribution is 2.29. The zero-order chi connectivity index (χ0) is 16.1. The van der Waals surface area contributed by atoms with Gasteiger partial charge in [0, 0.05) is 11.4 Å². The lowest BCUT2D eigenvalue weighted by Crippen LogP contribution is -2.12. The van der Waals surface area contributed by atoms with Crippen LogP contribution in [0.5, 0.6) is 5.75 Å². The highest BCUT2D eigenvalue weighted by Gasteiger charge is 2.21. The average Bonchev–Trinajstić information content (AvgIpc) is 3.10. The molecule has 0 fully saturated rings. The van der Waals surface area contributed by atoms with E-state index in [4.69, 9.17) is 9.47 Å². The topological polar surface area (TPSA) is 35.5 Å². The van der Waals surface area contributed by atoms with Gasteiger partial charge in [-0.25, -0.2) is 4.79 Å². The summed E-state index contributed by atoms with van der Waals surface area (Å²) in [6, 6.07) is 21.2. The van der Waals surface area contributed by atoms with E-state index in [2.05, 4.69) is 0 Å². The number of esters is 1. The fourth-order valence-electron chi connectivity index (χ4n) is 2.28. The number of hydrogen-bond acceptors (Lipinski definition) is 4. The minimum atomic E-state index is -0.432. The van der Waals surface area contributed by atoms with Gasteiger partial charge in [0.15, 0.2) is 6.10 Å². The Balaban J connectivity index is 1.88. The Morgan fingerprint density at radius 2 is 1.52 bits per heavy atom. The largest absolute Gasteiger partial charge is 0.496 e. The maximum Gasteiger partial charge on any atom is 0.349 e. The van der Waals surface area contributed by atoms with Crippen molar-refractivity contribution in [3.05, 3.63) is 88.1 Å². The summed E-state index contributed by atoms with van der Waals surface area (Å²) in [5.74, 6) is 0.314. The van der Waals surface area contributed by atoms with Crippen LogP contribution in [0.25, 0.3) is 0 Å². The van der Waals surface area contributed by atoms with Crippen molar-refractivity contribution in [3.63, 3.8) is 0 Å². The van der Waals surface area contributed by atoms with Gasteiger partial charge in [-0.3, -0.25) is 0 Å². The summed E-state index contributed by atoms with van der Waals surface area (Å²) in [5.41, 5.74) is 1.88. The zero-order valence-electron chi connectivity index (χ0n) is 12.6. The summed E-state index contributed by atoms with van der Waals surface area (Å²) >= 11 is 1.32. The van der Waals surface area contributed by atoms with E-state index in [0.717, 1.165) is 11.1 Å². The Labute approximate surface area is 139 Å². The fraction of sp³-hybridized carbons (Fsp3) is 0.105. The van der Waals surface area contributed by atoms with Crippen LogP contribution in [-0.2, 0) is 4.74 Å². The van der Waals surface area contributed by atoms with Gasteiger partial charge in [0.25, 0.3) is 0 Å². The van der Waals surface area contributed by atoms with Crippen LogP contribution in [0.15, 0.2) is 72.1 Å². The van der Waals surface area contributed by atoms with Gasteiger partial charge in [0.05, 0.1) is 7.11 Å². The third-order valence-corrected chi connectivity index (χ3v) is 4.33. The molecular formula is C19H16O3S. The summed E-state index contributed by atoms with van der Waals surface area (Å²) in [7, 11) is 1.58. The molecule has 3 aromatic rings. The van der Waals surface area contributed by atoms with Crippen molar-refractivity contribution >= 4 is 17.3 Å². The molecule has 0 spiro atoms. The SMILES string of the molecule is COc1csc(C(=O)OC(c2ccccc2)c2ccccc2)c1. The standard InChI is InChI=1S/C19H16O3S/c1-21-16-12-17(23-13-16)19(20)22-18(14-8-4-2-5-9-14)15-10-6-3-7-11-15/h2-13,18H,1H3. The van der Waals surface area contributed by atoms with Crippen molar-refractivity contribution in [3.8, 4) is 5.75 Å². The molecule has 0 bridgehead atoms. The Bertz CT molecular complexity index is 726. The molecule has 3 rings (SSSR count). The molecule has 0 aliphatic heterocycles. The van der Waals surface area contributed by atoms with Crippen LogP contribution in [-0.4, -0.2) is 13.1 Å². The lowest BCUT2D eigenvalue weighted by molar-refractivity contribution is 0.0384. The van der Waals surface area contributed by atoms with Crippen LogP contribution in [0, 0.1) is 0 Å². The first kappa shape index (κ1) is 15.3. The van der Waals surface area contributed by atoms with Crippen molar-refractivity contribution < 1.29 is 14.3 Å². The monoisotopic (exact) mass is 324 g/mol. The third-order valence-electron chi connectivity index (χ3n) is 3.44. The smallest absolute Gasteiger partial charge is 0.349 e. The van der Waals surface area contributed by atoms with E-state index < -0.39 is 6.10 Å². The van der Waals surface area contributed by atoms with Gasteiger partial charge in [-0.2, -0.15) is 0 Å². The number of methoxy groups -OCH3 is 1. The summed E-state index contributed by atoms with van der Waals surface area (Å²) in [4.78, 5) is 13.0. The number of ether oxygens (including phenoxy) is 2. The lowest BCUT2D eigenvalue weighted by atomic mass is 10.0. The van der Waals surface area contributed by atoms with Crippen LogP contribution >= 0.6 is 11.3 Å². The maximum atomic E-state index is 12.5. The summed E-state index contributed by atoms with van der Waals surface area (Å²) in [6.07, 6.45) is -0.432. The molecule has 0 amide bonds. The second-order valence-electron chi connectivity index (χ2n) is 4.96. The predicted molar refractivity (Wildman–Crippen MR) is 91.0 cm³/mol. The van der Waals surface area contributed by atoms with Gasteiger partial charge in [-0.1, -0.05) is 60.7 Å². The van der Waals surface area contributed by atoms with Gasteiger partial charge in [0.2, 0.25) is 0 Å². The molecule has 0 saturated heterocycles. The van der Waals surface area contributed by atoms with E-state index in [0.29, 0.717) is 10.6 Å². The summed E-state index contributed by atoms with van der Waals surface area (Å²) in [6.45, 7) is 0. The Morgan fingerprint density at radius 1 is 0.957 bits per heavy atom. The molecule has 23 heavy (non-hydrogen) atoms. The normalized spacial score (nSPS) is 10.5. The van der Waals surface area contributed by atoms with Crippen molar-refractivity contribution in [2.45, 2.75) is 6.10 Å². The molecular weight excluding hydrogens is 308 g/mol. The first-order valence-corrected chi connectivity index (χ1v) is 8.09. The van der Waals surface area contributed by atoms with Gasteiger partial charge in [-0.15, -0.1) is 11.3 Å². The second kappa shape index (κ2) is 7.11. The molecule has 0 unspecified atom stereocenters. The highest BCUT2D eigenvalue weighted by atomic mass is 32.1. The fourth-order valence-corrected chi connectivity index (χ4v) is 3.02. The minimum Gasteiger partial charge on any atom is -0.496 e. The minimum absolute atomic E-state index is 0.351. The summed E-state index contributed by atoms with van der Waals surface area (Å²) < 4.78 is 10.9.